The van der Waals surface area contributed by atoms with Crippen LogP contribution in [0.25, 0.3) is 0 Å². The number of hydrogen-bond acceptors (Lipinski definition) is 4. The Hall–Kier alpha value is -1.26. The first-order valence-corrected chi connectivity index (χ1v) is 3.43. The van der Waals surface area contributed by atoms with E-state index in [9.17, 15) is 4.79 Å². The molecule has 62 valence electrons. The van der Waals surface area contributed by atoms with Gasteiger partial charge in [-0.2, -0.15) is 0 Å². The number of ether oxygens (including phenoxy) is 1. The molecule has 1 aliphatic rings. The lowest BCUT2D eigenvalue weighted by atomic mass is 10.6. The molecule has 5 heteroatoms. The highest BCUT2D eigenvalue weighted by Gasteiger charge is 2.29. The van der Waals surface area contributed by atoms with Gasteiger partial charge in [0.1, 0.15) is 0 Å². The van der Waals surface area contributed by atoms with Crippen LogP contribution < -0.4 is 0 Å². The van der Waals surface area contributed by atoms with Crippen molar-refractivity contribution in [3.63, 3.8) is 0 Å². The quantitative estimate of drug-likeness (QED) is 0.141. The molecule has 1 rings (SSSR count). The van der Waals surface area contributed by atoms with Crippen LogP contribution in [0.15, 0.2) is 5.16 Å². The van der Waals surface area contributed by atoms with E-state index in [-0.39, 0.29) is 5.84 Å². The summed E-state index contributed by atoms with van der Waals surface area (Å²) in [7, 11) is 0. The Kier molecular flexibility index (Phi) is 2.30. The zero-order valence-corrected chi connectivity index (χ0v) is 6.28. The third-order valence-corrected chi connectivity index (χ3v) is 1.30. The van der Waals surface area contributed by atoms with E-state index in [4.69, 9.17) is 5.21 Å². The maximum atomic E-state index is 10.9. The molecule has 1 fully saturated rings. The smallest absolute Gasteiger partial charge is 0.377 e. The molecule has 1 aliphatic heterocycles. The van der Waals surface area contributed by atoms with Crippen LogP contribution in [0.2, 0.25) is 0 Å². The predicted molar refractivity (Wildman–Crippen MR) is 37.4 cm³/mol. The van der Waals surface area contributed by atoms with E-state index in [0.717, 1.165) is 13.1 Å². The highest BCUT2D eigenvalue weighted by molar-refractivity contribution is 6.35. The van der Waals surface area contributed by atoms with Crippen molar-refractivity contribution < 1.29 is 14.7 Å². The fourth-order valence-corrected chi connectivity index (χ4v) is 0.691. The topological polar surface area (TPSA) is 61.9 Å². The fourth-order valence-electron chi connectivity index (χ4n) is 0.691. The van der Waals surface area contributed by atoms with Gasteiger partial charge in [0.05, 0.1) is 6.61 Å². The van der Waals surface area contributed by atoms with Crippen molar-refractivity contribution in [1.29, 1.82) is 0 Å². The Morgan fingerprint density at radius 2 is 2.36 bits per heavy atom. The molecule has 0 aromatic heterocycles. The number of oxime groups is 1. The second kappa shape index (κ2) is 3.23. The second-order valence-electron chi connectivity index (χ2n) is 2.13. The van der Waals surface area contributed by atoms with Gasteiger partial charge in [0.25, 0.3) is 5.84 Å². The number of amidine groups is 1. The van der Waals surface area contributed by atoms with E-state index in [1.165, 1.54) is 0 Å². The fraction of sp³-hybridized carbons (Fsp3) is 0.667. The largest absolute Gasteiger partial charge is 0.460 e. The molecule has 11 heavy (non-hydrogen) atoms. The average Bonchev–Trinajstić information content (AvgIpc) is 2.73. The van der Waals surface area contributed by atoms with Crippen molar-refractivity contribution in [3.05, 3.63) is 0 Å². The minimum absolute atomic E-state index is 0.00634. The molecular formula is C6H10N2O3. The monoisotopic (exact) mass is 158 g/mol. The summed E-state index contributed by atoms with van der Waals surface area (Å²) in [5.41, 5.74) is 0. The van der Waals surface area contributed by atoms with E-state index in [2.05, 4.69) is 9.89 Å². The predicted octanol–water partition coefficient (Wildman–Crippen LogP) is -0.347. The standard InChI is InChI=1S/C6H10N2O3/c1-2-11-6(9)5(7-10)8-3-4-8/h10H,2-4H2,1H3/b7-5-. The molecule has 0 aliphatic carbocycles. The van der Waals surface area contributed by atoms with Crippen LogP contribution in [0.4, 0.5) is 0 Å². The van der Waals surface area contributed by atoms with Crippen LogP contribution in [0, 0.1) is 0 Å². The Bertz CT molecular complexity index is 186. The highest BCUT2D eigenvalue weighted by Crippen LogP contribution is 2.05. The van der Waals surface area contributed by atoms with Crippen LogP contribution in [0.3, 0.4) is 0 Å². The number of hydrogen-bond donors (Lipinski definition) is 1. The van der Waals surface area contributed by atoms with Gasteiger partial charge in [-0.3, -0.25) is 0 Å². The summed E-state index contributed by atoms with van der Waals surface area (Å²) in [4.78, 5) is 12.5. The minimum atomic E-state index is -0.563. The molecule has 1 N–H and O–H groups in total. The van der Waals surface area contributed by atoms with E-state index >= 15 is 0 Å². The molecule has 0 unspecified atom stereocenters. The number of carbonyl (C=O) groups is 1. The minimum Gasteiger partial charge on any atom is -0.460 e. The molecular weight excluding hydrogens is 148 g/mol. The lowest BCUT2D eigenvalue weighted by Crippen LogP contribution is -2.24. The van der Waals surface area contributed by atoms with E-state index in [1.54, 1.807) is 11.8 Å². The van der Waals surface area contributed by atoms with Crippen molar-refractivity contribution >= 4 is 11.8 Å². The normalized spacial score (nSPS) is 16.5. The summed E-state index contributed by atoms with van der Waals surface area (Å²) in [6.07, 6.45) is 0. The number of rotatable bonds is 1. The summed E-state index contributed by atoms with van der Waals surface area (Å²) in [6, 6.07) is 0. The van der Waals surface area contributed by atoms with Crippen LogP contribution in [0.5, 0.6) is 0 Å². The van der Waals surface area contributed by atoms with Crippen LogP contribution in [-0.2, 0) is 9.53 Å². The van der Waals surface area contributed by atoms with Crippen molar-refractivity contribution in [3.8, 4) is 0 Å². The van der Waals surface area contributed by atoms with Gasteiger partial charge >= 0.3 is 5.97 Å². The summed E-state index contributed by atoms with van der Waals surface area (Å²) < 4.78 is 4.62. The molecule has 0 atom stereocenters. The van der Waals surface area contributed by atoms with Crippen molar-refractivity contribution in [2.24, 2.45) is 5.16 Å². The molecule has 1 heterocycles. The van der Waals surface area contributed by atoms with Gasteiger partial charge < -0.3 is 14.8 Å². The van der Waals surface area contributed by atoms with E-state index in [0.29, 0.717) is 6.61 Å². The SMILES string of the molecule is CCOC(=O)/C(=N/O)N1CC1. The molecule has 0 spiro atoms. The first-order chi connectivity index (χ1) is 5.29. The van der Waals surface area contributed by atoms with Gasteiger partial charge in [0, 0.05) is 13.1 Å². The molecule has 0 saturated carbocycles. The lowest BCUT2D eigenvalue weighted by molar-refractivity contribution is -0.135. The van der Waals surface area contributed by atoms with Crippen molar-refractivity contribution in [2.45, 2.75) is 6.92 Å². The summed E-state index contributed by atoms with van der Waals surface area (Å²) in [5, 5.41) is 11.2. The third-order valence-electron chi connectivity index (χ3n) is 1.30. The van der Waals surface area contributed by atoms with E-state index < -0.39 is 5.97 Å². The van der Waals surface area contributed by atoms with Gasteiger partial charge in [0.2, 0.25) is 0 Å². The molecule has 0 aromatic rings. The lowest BCUT2D eigenvalue weighted by Gasteiger charge is -2.03. The number of carbonyl (C=O) groups excluding carboxylic acids is 1. The van der Waals surface area contributed by atoms with Gasteiger partial charge in [-0.1, -0.05) is 5.16 Å². The van der Waals surface area contributed by atoms with Gasteiger partial charge in [0.15, 0.2) is 0 Å². The molecule has 0 radical (unpaired) electrons. The second-order valence-corrected chi connectivity index (χ2v) is 2.13. The molecule has 0 aromatic carbocycles. The molecule has 0 bridgehead atoms. The molecule has 5 nitrogen and oxygen atoms in total. The Labute approximate surface area is 64.2 Å². The van der Waals surface area contributed by atoms with Crippen LogP contribution >= 0.6 is 0 Å². The maximum Gasteiger partial charge on any atom is 0.377 e. The Morgan fingerprint density at radius 1 is 1.73 bits per heavy atom. The first kappa shape index (κ1) is 7.84. The molecule has 0 amide bonds. The van der Waals surface area contributed by atoms with Gasteiger partial charge in [-0.15, -0.1) is 0 Å². The summed E-state index contributed by atoms with van der Waals surface area (Å²) in [6.45, 7) is 3.53. The van der Waals surface area contributed by atoms with Gasteiger partial charge in [-0.05, 0) is 6.92 Å². The summed E-state index contributed by atoms with van der Waals surface area (Å²) >= 11 is 0. The zero-order valence-electron chi connectivity index (χ0n) is 6.28. The van der Waals surface area contributed by atoms with Crippen LogP contribution in [0.1, 0.15) is 6.92 Å². The number of esters is 1. The Morgan fingerprint density at radius 3 is 2.73 bits per heavy atom. The van der Waals surface area contributed by atoms with Crippen LogP contribution in [-0.4, -0.2) is 41.6 Å². The van der Waals surface area contributed by atoms with Crippen molar-refractivity contribution in [2.75, 3.05) is 19.7 Å². The Balaban J connectivity index is 2.47. The van der Waals surface area contributed by atoms with E-state index in [1.807, 2.05) is 0 Å². The van der Waals surface area contributed by atoms with Crippen molar-refractivity contribution in [1.82, 2.24) is 4.90 Å². The third kappa shape index (κ3) is 1.83. The molecule has 1 saturated heterocycles. The summed E-state index contributed by atoms with van der Waals surface area (Å²) in [5.74, 6) is -0.556. The maximum absolute atomic E-state index is 10.9. The number of nitrogens with zero attached hydrogens (tertiary/aromatic N) is 2. The zero-order chi connectivity index (χ0) is 8.27. The van der Waals surface area contributed by atoms with Gasteiger partial charge in [-0.25, -0.2) is 4.79 Å². The first-order valence-electron chi connectivity index (χ1n) is 3.43. The average molecular weight is 158 g/mol. The highest BCUT2D eigenvalue weighted by atomic mass is 16.5.